The van der Waals surface area contributed by atoms with Gasteiger partial charge in [-0.25, -0.2) is 0 Å². The first kappa shape index (κ1) is 16.2. The summed E-state index contributed by atoms with van der Waals surface area (Å²) in [5.74, 6) is 0.434. The summed E-state index contributed by atoms with van der Waals surface area (Å²) in [5.41, 5.74) is 2.47. The van der Waals surface area contributed by atoms with Gasteiger partial charge in [0, 0.05) is 11.6 Å². The van der Waals surface area contributed by atoms with Crippen molar-refractivity contribution in [3.05, 3.63) is 77.9 Å². The van der Waals surface area contributed by atoms with Gasteiger partial charge in [0.05, 0.1) is 0 Å². The number of aromatic hydroxyl groups is 1. The van der Waals surface area contributed by atoms with E-state index in [4.69, 9.17) is 0 Å². The molecule has 0 bridgehead atoms. The Hall–Kier alpha value is -2.32. The van der Waals surface area contributed by atoms with Gasteiger partial charge >= 0.3 is 0 Å². The van der Waals surface area contributed by atoms with Crippen molar-refractivity contribution in [3.63, 3.8) is 0 Å². The van der Waals surface area contributed by atoms with Crippen LogP contribution in [0.4, 0.5) is 0 Å². The second-order valence-electron chi connectivity index (χ2n) is 7.00. The molecule has 0 radical (unpaired) electrons. The molecular formula is C23H25NO. The molecule has 3 aromatic carbocycles. The van der Waals surface area contributed by atoms with Crippen molar-refractivity contribution in [3.8, 4) is 5.75 Å². The van der Waals surface area contributed by atoms with Crippen LogP contribution in [0.25, 0.3) is 10.8 Å². The molecule has 4 rings (SSSR count). The van der Waals surface area contributed by atoms with Gasteiger partial charge in [0.25, 0.3) is 0 Å². The molecule has 0 saturated carbocycles. The maximum Gasteiger partial charge on any atom is 0.121 e. The van der Waals surface area contributed by atoms with E-state index in [2.05, 4.69) is 59.5 Å². The lowest BCUT2D eigenvalue weighted by Crippen LogP contribution is -2.26. The number of likely N-dealkylation sites (tertiary alicyclic amines) is 1. The summed E-state index contributed by atoms with van der Waals surface area (Å²) >= 11 is 0. The van der Waals surface area contributed by atoms with Crippen molar-refractivity contribution in [2.75, 3.05) is 13.1 Å². The fourth-order valence-electron chi connectivity index (χ4n) is 4.15. The molecule has 2 heteroatoms. The van der Waals surface area contributed by atoms with E-state index in [1.807, 2.05) is 12.1 Å². The zero-order valence-corrected chi connectivity index (χ0v) is 14.6. The van der Waals surface area contributed by atoms with Crippen LogP contribution in [-0.4, -0.2) is 23.1 Å². The molecule has 1 N–H and O–H groups in total. The summed E-state index contributed by atoms with van der Waals surface area (Å²) in [4.78, 5) is 2.56. The number of rotatable bonds is 5. The SMILES string of the molecule is Oc1ccc2ccccc2c1C(CCc1ccccc1)N1CCCC1. The van der Waals surface area contributed by atoms with Gasteiger partial charge in [-0.3, -0.25) is 4.90 Å². The van der Waals surface area contributed by atoms with Gasteiger partial charge in [-0.15, -0.1) is 0 Å². The Morgan fingerprint density at radius 1 is 0.840 bits per heavy atom. The first-order valence-corrected chi connectivity index (χ1v) is 9.31. The predicted octanol–water partition coefficient (Wildman–Crippen LogP) is 5.32. The van der Waals surface area contributed by atoms with E-state index < -0.39 is 0 Å². The summed E-state index contributed by atoms with van der Waals surface area (Å²) < 4.78 is 0. The van der Waals surface area contributed by atoms with Crippen LogP contribution in [0.5, 0.6) is 5.75 Å². The van der Waals surface area contributed by atoms with Crippen molar-refractivity contribution >= 4 is 10.8 Å². The third-order valence-corrected chi connectivity index (χ3v) is 5.41. The predicted molar refractivity (Wildman–Crippen MR) is 104 cm³/mol. The van der Waals surface area contributed by atoms with Crippen LogP contribution in [0.1, 0.15) is 36.4 Å². The number of fused-ring (bicyclic) bond motifs is 1. The number of benzene rings is 3. The molecule has 0 aliphatic carbocycles. The van der Waals surface area contributed by atoms with E-state index in [1.165, 1.54) is 29.2 Å². The molecule has 0 spiro atoms. The van der Waals surface area contributed by atoms with Crippen molar-refractivity contribution in [2.24, 2.45) is 0 Å². The Morgan fingerprint density at radius 3 is 2.36 bits per heavy atom. The Balaban J connectivity index is 1.72. The molecule has 0 amide bonds. The second kappa shape index (κ2) is 7.28. The summed E-state index contributed by atoms with van der Waals surface area (Å²) in [6, 6.07) is 23.3. The monoisotopic (exact) mass is 331 g/mol. The quantitative estimate of drug-likeness (QED) is 0.684. The minimum Gasteiger partial charge on any atom is -0.508 e. The van der Waals surface area contributed by atoms with Crippen LogP contribution in [0.2, 0.25) is 0 Å². The van der Waals surface area contributed by atoms with Crippen molar-refractivity contribution in [2.45, 2.75) is 31.7 Å². The lowest BCUT2D eigenvalue weighted by molar-refractivity contribution is 0.230. The molecule has 3 aromatic rings. The standard InChI is InChI=1S/C23H25NO/c25-22-15-13-19-10-4-5-11-20(19)23(22)21(24-16-6-7-17-24)14-12-18-8-2-1-3-9-18/h1-5,8-11,13,15,21,25H,6-7,12,14,16-17H2. The van der Waals surface area contributed by atoms with E-state index >= 15 is 0 Å². The van der Waals surface area contributed by atoms with Gasteiger partial charge in [-0.1, -0.05) is 60.7 Å². The minimum atomic E-state index is 0.272. The van der Waals surface area contributed by atoms with Crippen LogP contribution < -0.4 is 0 Å². The number of phenolic OH excluding ortho intramolecular Hbond substituents is 1. The van der Waals surface area contributed by atoms with Crippen LogP contribution in [0.15, 0.2) is 66.7 Å². The average Bonchev–Trinajstić information content (AvgIpc) is 3.19. The molecule has 25 heavy (non-hydrogen) atoms. The van der Waals surface area contributed by atoms with Gasteiger partial charge < -0.3 is 5.11 Å². The highest BCUT2D eigenvalue weighted by molar-refractivity contribution is 5.88. The topological polar surface area (TPSA) is 23.5 Å². The number of nitrogens with zero attached hydrogens (tertiary/aromatic N) is 1. The highest BCUT2D eigenvalue weighted by Gasteiger charge is 2.27. The first-order valence-electron chi connectivity index (χ1n) is 9.31. The van der Waals surface area contributed by atoms with Crippen LogP contribution in [-0.2, 0) is 6.42 Å². The van der Waals surface area contributed by atoms with Crippen LogP contribution in [0, 0.1) is 0 Å². The zero-order chi connectivity index (χ0) is 17.1. The fraction of sp³-hybridized carbons (Fsp3) is 0.304. The second-order valence-corrected chi connectivity index (χ2v) is 7.00. The van der Waals surface area contributed by atoms with E-state index in [0.717, 1.165) is 31.5 Å². The maximum absolute atomic E-state index is 10.7. The number of aryl methyl sites for hydroxylation is 1. The third kappa shape index (κ3) is 3.40. The molecule has 1 aliphatic rings. The Bertz CT molecular complexity index is 837. The number of hydrogen-bond acceptors (Lipinski definition) is 2. The van der Waals surface area contributed by atoms with Gasteiger partial charge in [0.15, 0.2) is 0 Å². The molecule has 1 fully saturated rings. The molecule has 128 valence electrons. The maximum atomic E-state index is 10.7. The molecule has 2 nitrogen and oxygen atoms in total. The number of phenols is 1. The normalized spacial score (nSPS) is 16.3. The van der Waals surface area contributed by atoms with E-state index in [0.29, 0.717) is 5.75 Å². The molecule has 1 heterocycles. The molecular weight excluding hydrogens is 306 g/mol. The summed E-state index contributed by atoms with van der Waals surface area (Å²) in [7, 11) is 0. The molecule has 1 unspecified atom stereocenters. The Morgan fingerprint density at radius 2 is 1.56 bits per heavy atom. The van der Waals surface area contributed by atoms with Crippen LogP contribution >= 0.6 is 0 Å². The summed E-state index contributed by atoms with van der Waals surface area (Å²) in [6.07, 6.45) is 4.58. The molecule has 1 aliphatic heterocycles. The highest BCUT2D eigenvalue weighted by atomic mass is 16.3. The zero-order valence-electron chi connectivity index (χ0n) is 14.6. The Kier molecular flexibility index (Phi) is 4.71. The van der Waals surface area contributed by atoms with Crippen molar-refractivity contribution in [1.29, 1.82) is 0 Å². The summed E-state index contributed by atoms with van der Waals surface area (Å²) in [5, 5.41) is 13.1. The first-order chi connectivity index (χ1) is 12.3. The summed E-state index contributed by atoms with van der Waals surface area (Å²) in [6.45, 7) is 2.25. The molecule has 1 atom stereocenters. The lowest BCUT2D eigenvalue weighted by Gasteiger charge is -2.29. The Labute approximate surface area is 149 Å². The van der Waals surface area contributed by atoms with Gasteiger partial charge in [0.1, 0.15) is 5.75 Å². The molecule has 0 aromatic heterocycles. The fourth-order valence-corrected chi connectivity index (χ4v) is 4.15. The highest BCUT2D eigenvalue weighted by Crippen LogP contribution is 2.39. The largest absolute Gasteiger partial charge is 0.508 e. The van der Waals surface area contributed by atoms with Crippen LogP contribution in [0.3, 0.4) is 0 Å². The van der Waals surface area contributed by atoms with E-state index in [-0.39, 0.29) is 6.04 Å². The average molecular weight is 331 g/mol. The lowest BCUT2D eigenvalue weighted by atomic mass is 9.92. The van der Waals surface area contributed by atoms with Crippen molar-refractivity contribution < 1.29 is 5.11 Å². The smallest absolute Gasteiger partial charge is 0.121 e. The minimum absolute atomic E-state index is 0.272. The van der Waals surface area contributed by atoms with E-state index in [9.17, 15) is 5.11 Å². The molecule has 1 saturated heterocycles. The third-order valence-electron chi connectivity index (χ3n) is 5.41. The van der Waals surface area contributed by atoms with Gasteiger partial charge in [-0.05, 0) is 61.2 Å². The van der Waals surface area contributed by atoms with Crippen molar-refractivity contribution in [1.82, 2.24) is 4.90 Å². The van der Waals surface area contributed by atoms with E-state index in [1.54, 1.807) is 0 Å². The van der Waals surface area contributed by atoms with Gasteiger partial charge in [-0.2, -0.15) is 0 Å². The number of hydrogen-bond donors (Lipinski definition) is 1. The van der Waals surface area contributed by atoms with Gasteiger partial charge in [0.2, 0.25) is 0 Å².